The number of rotatable bonds is 6. The van der Waals surface area contributed by atoms with Crippen LogP contribution in [0.3, 0.4) is 0 Å². The van der Waals surface area contributed by atoms with Crippen LogP contribution in [0.4, 0.5) is 16.2 Å². The van der Waals surface area contributed by atoms with E-state index >= 15 is 4.39 Å². The number of carbonyl (C=O) groups excluding carboxylic acids is 1. The minimum absolute atomic E-state index is 0.00419. The fraction of sp³-hybridized carbons (Fsp3) is 0.375. The number of halogens is 1. The highest BCUT2D eigenvalue weighted by molar-refractivity contribution is 5.92. The highest BCUT2D eigenvalue weighted by Gasteiger charge is 2.26. The van der Waals surface area contributed by atoms with Crippen LogP contribution in [0.5, 0.6) is 11.5 Å². The largest absolute Gasteiger partial charge is 0.493 e. The van der Waals surface area contributed by atoms with Crippen molar-refractivity contribution in [1.29, 1.82) is 0 Å². The van der Waals surface area contributed by atoms with Gasteiger partial charge in [-0.3, -0.25) is 4.79 Å². The Hall–Kier alpha value is -3.66. The summed E-state index contributed by atoms with van der Waals surface area (Å²) < 4.78 is 25.4. The predicted octanol–water partition coefficient (Wildman–Crippen LogP) is 2.42. The highest BCUT2D eigenvalue weighted by atomic mass is 19.1. The van der Waals surface area contributed by atoms with Crippen molar-refractivity contribution < 1.29 is 18.7 Å². The molecular formula is C24H29FN6O3. The molecule has 10 heteroatoms. The number of nitrogens with two attached hydrogens (primary N) is 2. The predicted molar refractivity (Wildman–Crippen MR) is 129 cm³/mol. The Kier molecular flexibility index (Phi) is 6.69. The molecule has 2 heterocycles. The lowest BCUT2D eigenvalue weighted by Crippen LogP contribution is -2.49. The van der Waals surface area contributed by atoms with Crippen molar-refractivity contribution in [3.8, 4) is 11.5 Å². The molecule has 1 atom stereocenters. The van der Waals surface area contributed by atoms with Crippen molar-refractivity contribution in [1.82, 2.24) is 14.9 Å². The third kappa shape index (κ3) is 4.54. The van der Waals surface area contributed by atoms with Gasteiger partial charge in [0.2, 0.25) is 11.9 Å². The standard InChI is InChI=1S/C24H29FN6O3/c1-14-5-4-6-15(11-14)17(26)13-19(32)30-7-9-31(10-8-30)24-28-21-16(23(27)29-24)12-18(33-2)22(34-3)20(21)25/h4-6,11-12,17H,7-10,13,26H2,1-3H3,(H2,27,28,29). The first kappa shape index (κ1) is 23.5. The maximum Gasteiger partial charge on any atom is 0.228 e. The molecule has 180 valence electrons. The first-order chi connectivity index (χ1) is 16.3. The molecule has 34 heavy (non-hydrogen) atoms. The molecule has 1 saturated heterocycles. The first-order valence-electron chi connectivity index (χ1n) is 11.0. The number of benzene rings is 2. The van der Waals surface area contributed by atoms with E-state index in [4.69, 9.17) is 20.9 Å². The van der Waals surface area contributed by atoms with Gasteiger partial charge in [-0.2, -0.15) is 4.98 Å². The second-order valence-electron chi connectivity index (χ2n) is 8.32. The molecule has 0 spiro atoms. The van der Waals surface area contributed by atoms with Gasteiger partial charge in [0, 0.05) is 44.0 Å². The normalized spacial score (nSPS) is 14.9. The average molecular weight is 469 g/mol. The smallest absolute Gasteiger partial charge is 0.228 e. The fourth-order valence-electron chi connectivity index (χ4n) is 4.17. The van der Waals surface area contributed by atoms with E-state index in [1.807, 2.05) is 36.1 Å². The number of nitrogens with zero attached hydrogens (tertiary/aromatic N) is 4. The molecule has 4 rings (SSSR count). The van der Waals surface area contributed by atoms with E-state index in [9.17, 15) is 4.79 Å². The molecule has 1 amide bonds. The Morgan fingerprint density at radius 1 is 1.15 bits per heavy atom. The second kappa shape index (κ2) is 9.68. The van der Waals surface area contributed by atoms with Gasteiger partial charge in [-0.15, -0.1) is 0 Å². The van der Waals surface area contributed by atoms with Crippen LogP contribution in [-0.2, 0) is 4.79 Å². The minimum Gasteiger partial charge on any atom is -0.493 e. The number of fused-ring (bicyclic) bond motifs is 1. The summed E-state index contributed by atoms with van der Waals surface area (Å²) in [5.74, 6) is -0.0465. The second-order valence-corrected chi connectivity index (χ2v) is 8.32. The summed E-state index contributed by atoms with van der Waals surface area (Å²) in [6.45, 7) is 3.94. The molecule has 3 aromatic rings. The quantitative estimate of drug-likeness (QED) is 0.566. The number of nitrogen functional groups attached to an aromatic ring is 1. The van der Waals surface area contributed by atoms with Gasteiger partial charge < -0.3 is 30.7 Å². The van der Waals surface area contributed by atoms with Crippen LogP contribution < -0.4 is 25.8 Å². The molecular weight excluding hydrogens is 439 g/mol. The fourth-order valence-corrected chi connectivity index (χ4v) is 4.17. The van der Waals surface area contributed by atoms with Crippen molar-refractivity contribution in [2.45, 2.75) is 19.4 Å². The van der Waals surface area contributed by atoms with Crippen LogP contribution in [0.1, 0.15) is 23.6 Å². The lowest BCUT2D eigenvalue weighted by Gasteiger charge is -2.35. The van der Waals surface area contributed by atoms with Gasteiger partial charge >= 0.3 is 0 Å². The third-order valence-corrected chi connectivity index (χ3v) is 6.07. The molecule has 9 nitrogen and oxygen atoms in total. The minimum atomic E-state index is -0.661. The molecule has 1 aliphatic rings. The van der Waals surface area contributed by atoms with E-state index in [-0.39, 0.29) is 41.2 Å². The molecule has 0 aliphatic carbocycles. The van der Waals surface area contributed by atoms with Crippen LogP contribution in [0.2, 0.25) is 0 Å². The van der Waals surface area contributed by atoms with Crippen LogP contribution in [0.25, 0.3) is 10.9 Å². The Labute approximate surface area is 197 Å². The number of piperazine rings is 1. The first-order valence-corrected chi connectivity index (χ1v) is 11.0. The Morgan fingerprint density at radius 3 is 2.53 bits per heavy atom. The van der Waals surface area contributed by atoms with Crippen molar-refractivity contribution >= 4 is 28.6 Å². The van der Waals surface area contributed by atoms with E-state index in [0.717, 1.165) is 11.1 Å². The molecule has 2 aromatic carbocycles. The summed E-state index contributed by atoms with van der Waals surface area (Å²) in [6, 6.07) is 9.08. The van der Waals surface area contributed by atoms with Gasteiger partial charge in [-0.05, 0) is 18.6 Å². The Bertz CT molecular complexity index is 1210. The zero-order chi connectivity index (χ0) is 24.4. The third-order valence-electron chi connectivity index (χ3n) is 6.07. The summed E-state index contributed by atoms with van der Waals surface area (Å²) in [7, 11) is 2.78. The van der Waals surface area contributed by atoms with Gasteiger partial charge in [-0.25, -0.2) is 9.37 Å². The van der Waals surface area contributed by atoms with E-state index in [2.05, 4.69) is 9.97 Å². The van der Waals surface area contributed by atoms with E-state index in [1.165, 1.54) is 14.2 Å². The number of methoxy groups -OCH3 is 2. The number of carbonyl (C=O) groups is 1. The van der Waals surface area contributed by atoms with E-state index in [1.54, 1.807) is 11.0 Å². The maximum absolute atomic E-state index is 15.1. The summed E-state index contributed by atoms with van der Waals surface area (Å²) >= 11 is 0. The number of anilines is 2. The summed E-state index contributed by atoms with van der Waals surface area (Å²) in [6.07, 6.45) is 0.232. The Balaban J connectivity index is 1.47. The number of hydrogen-bond donors (Lipinski definition) is 2. The van der Waals surface area contributed by atoms with Gasteiger partial charge in [0.15, 0.2) is 17.3 Å². The molecule has 4 N–H and O–H groups in total. The molecule has 1 aromatic heterocycles. The number of aromatic nitrogens is 2. The van der Waals surface area contributed by atoms with E-state index < -0.39 is 5.82 Å². The highest BCUT2D eigenvalue weighted by Crippen LogP contribution is 2.37. The lowest BCUT2D eigenvalue weighted by molar-refractivity contribution is -0.131. The van der Waals surface area contributed by atoms with Crippen LogP contribution in [-0.4, -0.2) is 61.2 Å². The zero-order valence-electron chi connectivity index (χ0n) is 19.5. The van der Waals surface area contributed by atoms with Crippen LogP contribution >= 0.6 is 0 Å². The van der Waals surface area contributed by atoms with E-state index in [0.29, 0.717) is 37.5 Å². The molecule has 1 fully saturated rings. The maximum atomic E-state index is 15.1. The molecule has 0 saturated carbocycles. The number of amides is 1. The van der Waals surface area contributed by atoms with Gasteiger partial charge in [0.25, 0.3) is 0 Å². The number of ether oxygens (including phenoxy) is 2. The molecule has 0 radical (unpaired) electrons. The monoisotopic (exact) mass is 468 g/mol. The molecule has 1 aliphatic heterocycles. The van der Waals surface area contributed by atoms with Gasteiger partial charge in [0.05, 0.1) is 14.2 Å². The zero-order valence-corrected chi connectivity index (χ0v) is 19.5. The lowest BCUT2D eigenvalue weighted by atomic mass is 10.0. The van der Waals surface area contributed by atoms with Crippen molar-refractivity contribution in [3.05, 3.63) is 47.3 Å². The van der Waals surface area contributed by atoms with Gasteiger partial charge in [0.1, 0.15) is 11.3 Å². The molecule has 0 bridgehead atoms. The summed E-state index contributed by atoms with van der Waals surface area (Å²) in [5, 5.41) is 0.345. The van der Waals surface area contributed by atoms with Crippen molar-refractivity contribution in [2.75, 3.05) is 51.0 Å². The SMILES string of the molecule is COc1cc2c(N)nc(N3CCN(C(=O)CC(N)c4cccc(C)c4)CC3)nc2c(F)c1OC. The number of aryl methyl sites for hydroxylation is 1. The topological polar surface area (TPSA) is 120 Å². The average Bonchev–Trinajstić information content (AvgIpc) is 2.84. The van der Waals surface area contributed by atoms with Crippen LogP contribution in [0.15, 0.2) is 30.3 Å². The van der Waals surface area contributed by atoms with Crippen molar-refractivity contribution in [3.63, 3.8) is 0 Å². The van der Waals surface area contributed by atoms with Crippen molar-refractivity contribution in [2.24, 2.45) is 5.73 Å². The summed E-state index contributed by atoms with van der Waals surface area (Å²) in [5.41, 5.74) is 14.5. The molecule has 1 unspecified atom stereocenters. The van der Waals surface area contributed by atoms with Gasteiger partial charge in [-0.1, -0.05) is 29.8 Å². The number of hydrogen-bond acceptors (Lipinski definition) is 8. The van der Waals surface area contributed by atoms with Crippen LogP contribution in [0, 0.1) is 12.7 Å². The Morgan fingerprint density at radius 2 is 1.88 bits per heavy atom. The summed E-state index contributed by atoms with van der Waals surface area (Å²) in [4.78, 5) is 25.3.